The summed E-state index contributed by atoms with van der Waals surface area (Å²) in [6.45, 7) is 9.17. The molecule has 0 aliphatic rings. The van der Waals surface area contributed by atoms with E-state index in [0.717, 1.165) is 23.6 Å². The van der Waals surface area contributed by atoms with Crippen LogP contribution in [-0.4, -0.2) is 25.5 Å². The van der Waals surface area contributed by atoms with Gasteiger partial charge in [0.1, 0.15) is 5.76 Å². The molecule has 0 aliphatic heterocycles. The second-order valence-electron chi connectivity index (χ2n) is 6.14. The molecular formula is C18H23N5O2. The molecule has 0 aromatic carbocycles. The van der Waals surface area contributed by atoms with E-state index in [1.807, 2.05) is 61.5 Å². The molecule has 3 rings (SSSR count). The molecule has 0 spiro atoms. The average molecular weight is 341 g/mol. The maximum Gasteiger partial charge on any atom is 0.287 e. The molecule has 0 saturated heterocycles. The topological polar surface area (TPSA) is 77.9 Å². The van der Waals surface area contributed by atoms with Crippen molar-refractivity contribution in [3.63, 3.8) is 0 Å². The Morgan fingerprint density at radius 1 is 1.28 bits per heavy atom. The molecule has 3 aromatic heterocycles. The van der Waals surface area contributed by atoms with Crippen molar-refractivity contribution < 1.29 is 9.21 Å². The number of aromatic nitrogens is 4. The number of carbonyl (C=O) groups excluding carboxylic acids is 1. The monoisotopic (exact) mass is 341 g/mol. The Labute approximate surface area is 146 Å². The Balaban J connectivity index is 1.65. The summed E-state index contributed by atoms with van der Waals surface area (Å²) < 4.78 is 9.37. The second kappa shape index (κ2) is 6.96. The van der Waals surface area contributed by atoms with Gasteiger partial charge in [0, 0.05) is 18.4 Å². The molecule has 1 unspecified atom stereocenters. The highest BCUT2D eigenvalue weighted by molar-refractivity contribution is 5.91. The third kappa shape index (κ3) is 3.81. The molecule has 7 heteroatoms. The van der Waals surface area contributed by atoms with Crippen LogP contribution in [0.5, 0.6) is 0 Å². The van der Waals surface area contributed by atoms with Crippen LogP contribution in [-0.2, 0) is 13.1 Å². The van der Waals surface area contributed by atoms with Crippen LogP contribution in [0.25, 0.3) is 0 Å². The lowest BCUT2D eigenvalue weighted by Crippen LogP contribution is -2.26. The third-order valence-electron chi connectivity index (χ3n) is 4.07. The number of hydrogen-bond donors (Lipinski definition) is 1. The van der Waals surface area contributed by atoms with Crippen LogP contribution in [0.4, 0.5) is 0 Å². The first-order valence-electron chi connectivity index (χ1n) is 8.40. The van der Waals surface area contributed by atoms with Gasteiger partial charge in [-0.05, 0) is 52.0 Å². The normalized spacial score (nSPS) is 12.3. The largest absolute Gasteiger partial charge is 0.454 e. The van der Waals surface area contributed by atoms with Gasteiger partial charge in [-0.3, -0.25) is 14.2 Å². The molecule has 7 nitrogen and oxygen atoms in total. The average Bonchev–Trinajstić information content (AvgIpc) is 3.28. The lowest BCUT2D eigenvalue weighted by atomic mass is 10.2. The summed E-state index contributed by atoms with van der Waals surface area (Å²) in [4.78, 5) is 12.4. The molecule has 132 valence electrons. The van der Waals surface area contributed by atoms with Crippen molar-refractivity contribution in [3.8, 4) is 0 Å². The number of nitrogens with zero attached hydrogens (tertiary/aromatic N) is 4. The van der Waals surface area contributed by atoms with Crippen molar-refractivity contribution in [2.75, 3.05) is 0 Å². The maximum absolute atomic E-state index is 12.4. The Kier molecular flexibility index (Phi) is 4.74. The minimum absolute atomic E-state index is 0.190. The van der Waals surface area contributed by atoms with E-state index in [9.17, 15) is 4.79 Å². The molecule has 1 N–H and O–H groups in total. The van der Waals surface area contributed by atoms with Crippen molar-refractivity contribution >= 4 is 5.91 Å². The van der Waals surface area contributed by atoms with Crippen LogP contribution in [0, 0.1) is 13.8 Å². The number of carbonyl (C=O) groups is 1. The van der Waals surface area contributed by atoms with Gasteiger partial charge < -0.3 is 9.73 Å². The SMILES string of the molecule is CCn1ccc(C(C)NC(=O)c2ccc(Cn3nc(C)cc3C)o2)n1. The van der Waals surface area contributed by atoms with Gasteiger partial charge in [-0.15, -0.1) is 0 Å². The van der Waals surface area contributed by atoms with Gasteiger partial charge in [0.25, 0.3) is 5.91 Å². The summed E-state index contributed by atoms with van der Waals surface area (Å²) in [6, 6.07) is 7.22. The zero-order chi connectivity index (χ0) is 18.0. The fraction of sp³-hybridized carbons (Fsp3) is 0.389. The van der Waals surface area contributed by atoms with E-state index in [0.29, 0.717) is 18.1 Å². The standard InChI is InChI=1S/C18H23N5O2/c1-5-22-9-8-16(21-22)14(4)19-18(24)17-7-6-15(25-17)11-23-13(3)10-12(2)20-23/h6-10,14H,5,11H2,1-4H3,(H,19,24). The number of rotatable bonds is 6. The number of amides is 1. The van der Waals surface area contributed by atoms with E-state index < -0.39 is 0 Å². The summed E-state index contributed by atoms with van der Waals surface area (Å²) in [5.41, 5.74) is 2.84. The molecular weight excluding hydrogens is 318 g/mol. The molecule has 0 aliphatic carbocycles. The predicted molar refractivity (Wildman–Crippen MR) is 93.3 cm³/mol. The van der Waals surface area contributed by atoms with Crippen LogP contribution in [0.3, 0.4) is 0 Å². The van der Waals surface area contributed by atoms with Crippen LogP contribution in [0.1, 0.15) is 53.3 Å². The molecule has 3 aromatic rings. The van der Waals surface area contributed by atoms with E-state index in [-0.39, 0.29) is 11.9 Å². The maximum atomic E-state index is 12.4. The second-order valence-corrected chi connectivity index (χ2v) is 6.14. The van der Waals surface area contributed by atoms with E-state index in [2.05, 4.69) is 15.5 Å². The lowest BCUT2D eigenvalue weighted by molar-refractivity contribution is 0.0909. The first-order valence-corrected chi connectivity index (χ1v) is 8.40. The van der Waals surface area contributed by atoms with Gasteiger partial charge in [-0.2, -0.15) is 10.2 Å². The minimum atomic E-state index is -0.252. The van der Waals surface area contributed by atoms with Gasteiger partial charge in [-0.25, -0.2) is 0 Å². The van der Waals surface area contributed by atoms with Crippen molar-refractivity contribution in [3.05, 3.63) is 59.1 Å². The summed E-state index contributed by atoms with van der Waals surface area (Å²) in [6.07, 6.45) is 1.90. The van der Waals surface area contributed by atoms with E-state index >= 15 is 0 Å². The predicted octanol–water partition coefficient (Wildman–Crippen LogP) is 2.85. The Morgan fingerprint density at radius 2 is 2.08 bits per heavy atom. The number of hydrogen-bond acceptors (Lipinski definition) is 4. The summed E-state index contributed by atoms with van der Waals surface area (Å²) in [5, 5.41) is 11.7. The van der Waals surface area contributed by atoms with Gasteiger partial charge >= 0.3 is 0 Å². The molecule has 0 radical (unpaired) electrons. The highest BCUT2D eigenvalue weighted by Crippen LogP contribution is 2.14. The molecule has 25 heavy (non-hydrogen) atoms. The highest BCUT2D eigenvalue weighted by Gasteiger charge is 2.17. The van der Waals surface area contributed by atoms with E-state index in [4.69, 9.17) is 4.42 Å². The third-order valence-corrected chi connectivity index (χ3v) is 4.07. The lowest BCUT2D eigenvalue weighted by Gasteiger charge is -2.10. The molecule has 0 fully saturated rings. The molecule has 3 heterocycles. The first-order chi connectivity index (χ1) is 12.0. The number of nitrogens with one attached hydrogen (secondary N) is 1. The van der Waals surface area contributed by atoms with Gasteiger partial charge in [0.2, 0.25) is 0 Å². The zero-order valence-electron chi connectivity index (χ0n) is 15.0. The summed E-state index contributed by atoms with van der Waals surface area (Å²) in [7, 11) is 0. The smallest absolute Gasteiger partial charge is 0.287 e. The Morgan fingerprint density at radius 3 is 2.72 bits per heavy atom. The van der Waals surface area contributed by atoms with Gasteiger partial charge in [0.05, 0.1) is 24.0 Å². The van der Waals surface area contributed by atoms with E-state index in [1.165, 1.54) is 0 Å². The molecule has 1 atom stereocenters. The highest BCUT2D eigenvalue weighted by atomic mass is 16.4. The molecule has 1 amide bonds. The fourth-order valence-electron chi connectivity index (χ4n) is 2.69. The molecule has 0 bridgehead atoms. The van der Waals surface area contributed by atoms with Crippen LogP contribution in [0.2, 0.25) is 0 Å². The molecule has 0 saturated carbocycles. The van der Waals surface area contributed by atoms with Crippen molar-refractivity contribution in [1.29, 1.82) is 0 Å². The first kappa shape index (κ1) is 17.0. The summed E-state index contributed by atoms with van der Waals surface area (Å²) >= 11 is 0. The van der Waals surface area contributed by atoms with Crippen molar-refractivity contribution in [2.24, 2.45) is 0 Å². The Bertz CT molecular complexity index is 874. The number of furan rings is 1. The van der Waals surface area contributed by atoms with Crippen molar-refractivity contribution in [1.82, 2.24) is 24.9 Å². The fourth-order valence-corrected chi connectivity index (χ4v) is 2.69. The van der Waals surface area contributed by atoms with Crippen molar-refractivity contribution in [2.45, 2.75) is 46.8 Å². The zero-order valence-corrected chi connectivity index (χ0v) is 15.0. The number of aryl methyl sites for hydroxylation is 3. The van der Waals surface area contributed by atoms with Crippen LogP contribution in [0.15, 0.2) is 34.9 Å². The quantitative estimate of drug-likeness (QED) is 0.748. The minimum Gasteiger partial charge on any atom is -0.454 e. The van der Waals surface area contributed by atoms with Gasteiger partial charge in [0.15, 0.2) is 5.76 Å². The van der Waals surface area contributed by atoms with E-state index in [1.54, 1.807) is 6.07 Å². The van der Waals surface area contributed by atoms with Gasteiger partial charge in [-0.1, -0.05) is 0 Å². The van der Waals surface area contributed by atoms with Crippen LogP contribution < -0.4 is 5.32 Å². The Hall–Kier alpha value is -2.83. The summed E-state index contributed by atoms with van der Waals surface area (Å²) in [5.74, 6) is 0.732. The van der Waals surface area contributed by atoms with Crippen LogP contribution >= 0.6 is 0 Å².